The molecule has 4 heteroatoms. The van der Waals surface area contributed by atoms with Crippen LogP contribution in [0.15, 0.2) is 48.6 Å². The van der Waals surface area contributed by atoms with Gasteiger partial charge in [-0.05, 0) is 32.0 Å². The Balaban J connectivity index is 2.40. The Morgan fingerprint density at radius 1 is 1.29 bits per heavy atom. The molecule has 0 aliphatic carbocycles. The van der Waals surface area contributed by atoms with Crippen LogP contribution in [0.1, 0.15) is 30.0 Å². The minimum Gasteiger partial charge on any atom is -0.465 e. The summed E-state index contributed by atoms with van der Waals surface area (Å²) in [4.78, 5) is 19.3. The molecule has 1 aromatic heterocycles. The van der Waals surface area contributed by atoms with Crippen LogP contribution in [0.25, 0.3) is 16.6 Å². The van der Waals surface area contributed by atoms with Crippen molar-refractivity contribution in [2.24, 2.45) is 0 Å². The summed E-state index contributed by atoms with van der Waals surface area (Å²) in [6, 6.07) is 5.27. The number of ether oxygens (including phenoxy) is 1. The number of allylic oxidation sites excluding steroid dienone is 6. The minimum atomic E-state index is -0.354. The molecule has 0 aliphatic rings. The maximum atomic E-state index is 11.5. The monoisotopic (exact) mass is 282 g/mol. The number of hydrogen-bond donors (Lipinski definition) is 1. The van der Waals surface area contributed by atoms with Crippen LogP contribution < -0.4 is 0 Å². The fourth-order valence-corrected chi connectivity index (χ4v) is 1.97. The maximum absolute atomic E-state index is 11.5. The van der Waals surface area contributed by atoms with Crippen LogP contribution in [0.3, 0.4) is 0 Å². The second-order valence-electron chi connectivity index (χ2n) is 4.44. The molecule has 0 saturated carbocycles. The third kappa shape index (κ3) is 3.28. The summed E-state index contributed by atoms with van der Waals surface area (Å²) in [7, 11) is 1.37. The molecule has 21 heavy (non-hydrogen) atoms. The van der Waals surface area contributed by atoms with E-state index in [1.807, 2.05) is 50.3 Å². The normalized spacial score (nSPS) is 12.6. The van der Waals surface area contributed by atoms with Crippen LogP contribution in [0, 0.1) is 0 Å². The Hall–Kier alpha value is -2.62. The van der Waals surface area contributed by atoms with Crippen molar-refractivity contribution in [3.8, 4) is 0 Å². The number of fused-ring (bicyclic) bond motifs is 1. The SMILES string of the molecule is C\C=C/C=C\C(=C/C)c1nc2ccc(C(=O)OC)cc2[nH]1. The Morgan fingerprint density at radius 2 is 2.10 bits per heavy atom. The lowest BCUT2D eigenvalue weighted by Crippen LogP contribution is -2.00. The van der Waals surface area contributed by atoms with Crippen molar-refractivity contribution in [2.75, 3.05) is 7.11 Å². The van der Waals surface area contributed by atoms with Crippen molar-refractivity contribution < 1.29 is 9.53 Å². The molecule has 1 heterocycles. The zero-order valence-corrected chi connectivity index (χ0v) is 12.4. The summed E-state index contributed by atoms with van der Waals surface area (Å²) in [6.07, 6.45) is 9.85. The maximum Gasteiger partial charge on any atom is 0.337 e. The lowest BCUT2D eigenvalue weighted by Gasteiger charge is -1.97. The first kappa shape index (κ1) is 14.8. The quantitative estimate of drug-likeness (QED) is 0.683. The van der Waals surface area contributed by atoms with Gasteiger partial charge in [-0.15, -0.1) is 0 Å². The first-order chi connectivity index (χ1) is 10.2. The minimum absolute atomic E-state index is 0.354. The number of esters is 1. The molecular weight excluding hydrogens is 264 g/mol. The fraction of sp³-hybridized carbons (Fsp3) is 0.176. The molecule has 0 fully saturated rings. The first-order valence-corrected chi connectivity index (χ1v) is 6.73. The Kier molecular flexibility index (Phi) is 4.72. The number of nitrogens with one attached hydrogen (secondary N) is 1. The average Bonchev–Trinajstić information content (AvgIpc) is 2.93. The number of hydrogen-bond acceptors (Lipinski definition) is 3. The lowest BCUT2D eigenvalue weighted by atomic mass is 10.2. The van der Waals surface area contributed by atoms with Gasteiger partial charge in [0.2, 0.25) is 0 Å². The Labute approximate surface area is 123 Å². The summed E-state index contributed by atoms with van der Waals surface area (Å²) in [5, 5.41) is 0. The number of benzene rings is 1. The van der Waals surface area contributed by atoms with Crippen LogP contribution in [0.4, 0.5) is 0 Å². The highest BCUT2D eigenvalue weighted by Gasteiger charge is 2.09. The van der Waals surface area contributed by atoms with E-state index in [1.54, 1.807) is 12.1 Å². The topological polar surface area (TPSA) is 55.0 Å². The molecule has 2 rings (SSSR count). The molecule has 1 aromatic carbocycles. The number of nitrogens with zero attached hydrogens (tertiary/aromatic N) is 1. The molecule has 0 radical (unpaired) electrons. The smallest absolute Gasteiger partial charge is 0.337 e. The standard InChI is InChI=1S/C17H18N2O2/c1-4-6-7-8-12(5-2)16-18-14-10-9-13(17(20)21-3)11-15(14)19-16/h4-11H,1-3H3,(H,18,19)/b6-4-,8-7-,12-5+. The van der Waals surface area contributed by atoms with Crippen LogP contribution in [-0.4, -0.2) is 23.0 Å². The Bertz CT molecular complexity index is 736. The molecule has 0 amide bonds. The molecule has 0 atom stereocenters. The molecule has 0 bridgehead atoms. The van der Waals surface area contributed by atoms with Gasteiger partial charge >= 0.3 is 5.97 Å². The van der Waals surface area contributed by atoms with Crippen LogP contribution >= 0.6 is 0 Å². The predicted molar refractivity (Wildman–Crippen MR) is 85.0 cm³/mol. The van der Waals surface area contributed by atoms with Crippen molar-refractivity contribution in [1.29, 1.82) is 0 Å². The molecule has 4 nitrogen and oxygen atoms in total. The van der Waals surface area contributed by atoms with Crippen molar-refractivity contribution >= 4 is 22.6 Å². The third-order valence-corrected chi connectivity index (χ3v) is 3.07. The van der Waals surface area contributed by atoms with E-state index in [0.29, 0.717) is 5.56 Å². The molecule has 2 aromatic rings. The molecule has 0 unspecified atom stereocenters. The van der Waals surface area contributed by atoms with Gasteiger partial charge < -0.3 is 9.72 Å². The van der Waals surface area contributed by atoms with Crippen LogP contribution in [0.5, 0.6) is 0 Å². The van der Waals surface area contributed by atoms with Crippen LogP contribution in [0.2, 0.25) is 0 Å². The summed E-state index contributed by atoms with van der Waals surface area (Å²) >= 11 is 0. The van der Waals surface area contributed by atoms with Crippen molar-refractivity contribution in [2.45, 2.75) is 13.8 Å². The zero-order chi connectivity index (χ0) is 15.2. The highest BCUT2D eigenvalue weighted by atomic mass is 16.5. The highest BCUT2D eigenvalue weighted by Crippen LogP contribution is 2.19. The summed E-state index contributed by atoms with van der Waals surface area (Å²) in [6.45, 7) is 3.93. The van der Waals surface area contributed by atoms with Gasteiger partial charge in [-0.3, -0.25) is 0 Å². The van der Waals surface area contributed by atoms with E-state index < -0.39 is 0 Å². The van der Waals surface area contributed by atoms with Crippen molar-refractivity contribution in [3.05, 3.63) is 60.0 Å². The number of carbonyl (C=O) groups excluding carboxylic acids is 1. The van der Waals surface area contributed by atoms with Gasteiger partial charge in [0.05, 0.1) is 23.7 Å². The van der Waals surface area contributed by atoms with Gasteiger partial charge in [-0.1, -0.05) is 30.4 Å². The number of aromatic nitrogens is 2. The summed E-state index contributed by atoms with van der Waals surface area (Å²) < 4.78 is 4.72. The van der Waals surface area contributed by atoms with Gasteiger partial charge in [0, 0.05) is 5.57 Å². The number of imidazole rings is 1. The van der Waals surface area contributed by atoms with E-state index in [-0.39, 0.29) is 5.97 Å². The Morgan fingerprint density at radius 3 is 2.76 bits per heavy atom. The van der Waals surface area contributed by atoms with E-state index in [4.69, 9.17) is 4.74 Å². The number of carbonyl (C=O) groups is 1. The third-order valence-electron chi connectivity index (χ3n) is 3.07. The predicted octanol–water partition coefficient (Wildman–Crippen LogP) is 3.89. The van der Waals surface area contributed by atoms with Crippen molar-refractivity contribution in [1.82, 2.24) is 9.97 Å². The van der Waals surface area contributed by atoms with E-state index in [2.05, 4.69) is 9.97 Å². The average molecular weight is 282 g/mol. The second-order valence-corrected chi connectivity index (χ2v) is 4.44. The van der Waals surface area contributed by atoms with Gasteiger partial charge in [0.15, 0.2) is 0 Å². The van der Waals surface area contributed by atoms with Gasteiger partial charge in [-0.25, -0.2) is 9.78 Å². The second kappa shape index (κ2) is 6.70. The zero-order valence-electron chi connectivity index (χ0n) is 12.4. The number of methoxy groups -OCH3 is 1. The van der Waals surface area contributed by atoms with Crippen molar-refractivity contribution in [3.63, 3.8) is 0 Å². The molecule has 0 aliphatic heterocycles. The molecule has 0 saturated heterocycles. The molecule has 0 spiro atoms. The molecular formula is C17H18N2O2. The van der Waals surface area contributed by atoms with E-state index in [0.717, 1.165) is 22.4 Å². The van der Waals surface area contributed by atoms with Gasteiger partial charge in [0.1, 0.15) is 5.82 Å². The fourth-order valence-electron chi connectivity index (χ4n) is 1.97. The van der Waals surface area contributed by atoms with Crippen LogP contribution in [-0.2, 0) is 4.74 Å². The summed E-state index contributed by atoms with van der Waals surface area (Å²) in [5.74, 6) is 0.419. The van der Waals surface area contributed by atoms with E-state index in [9.17, 15) is 4.79 Å². The number of aromatic amines is 1. The first-order valence-electron chi connectivity index (χ1n) is 6.73. The highest BCUT2D eigenvalue weighted by molar-refractivity contribution is 5.94. The molecule has 108 valence electrons. The van der Waals surface area contributed by atoms with E-state index in [1.165, 1.54) is 7.11 Å². The summed E-state index contributed by atoms with van der Waals surface area (Å²) in [5.41, 5.74) is 3.12. The number of rotatable bonds is 4. The van der Waals surface area contributed by atoms with E-state index >= 15 is 0 Å². The number of H-pyrrole nitrogens is 1. The lowest BCUT2D eigenvalue weighted by molar-refractivity contribution is 0.0601. The largest absolute Gasteiger partial charge is 0.465 e. The van der Waals surface area contributed by atoms with Gasteiger partial charge in [0.25, 0.3) is 0 Å². The van der Waals surface area contributed by atoms with Gasteiger partial charge in [-0.2, -0.15) is 0 Å². The molecule has 1 N–H and O–H groups in total.